The maximum atomic E-state index is 12.6. The first kappa shape index (κ1) is 13.3. The molecule has 0 radical (unpaired) electrons. The molecule has 0 unspecified atom stereocenters. The zero-order valence-electron chi connectivity index (χ0n) is 12.1. The average molecular weight is 248 g/mol. The van der Waals surface area contributed by atoms with Crippen molar-refractivity contribution < 1.29 is 0 Å². The second kappa shape index (κ2) is 3.95. The Labute approximate surface area is 109 Å². The van der Waals surface area contributed by atoms with Gasteiger partial charge in [0.25, 0.3) is 5.56 Å². The van der Waals surface area contributed by atoms with Gasteiger partial charge in [0.05, 0.1) is 0 Å². The summed E-state index contributed by atoms with van der Waals surface area (Å²) in [6.07, 6.45) is 2.22. The van der Waals surface area contributed by atoms with Crippen LogP contribution in [0.1, 0.15) is 64.8 Å². The maximum Gasteiger partial charge on any atom is 0.256 e. The van der Waals surface area contributed by atoms with E-state index in [1.807, 2.05) is 24.5 Å². The van der Waals surface area contributed by atoms with E-state index in [0.717, 1.165) is 18.5 Å². The first-order chi connectivity index (χ1) is 8.12. The van der Waals surface area contributed by atoms with Crippen LogP contribution in [-0.4, -0.2) is 4.57 Å². The van der Waals surface area contributed by atoms with Gasteiger partial charge in [-0.25, -0.2) is 0 Å². The number of nitrogens with two attached hydrogens (primary N) is 1. The zero-order valence-corrected chi connectivity index (χ0v) is 12.1. The van der Waals surface area contributed by atoms with Gasteiger partial charge >= 0.3 is 0 Å². The molecule has 2 rings (SSSR count). The van der Waals surface area contributed by atoms with Crippen LogP contribution < -0.4 is 11.3 Å². The maximum absolute atomic E-state index is 12.6. The van der Waals surface area contributed by atoms with Gasteiger partial charge in [0, 0.05) is 28.3 Å². The van der Waals surface area contributed by atoms with E-state index in [2.05, 4.69) is 26.8 Å². The summed E-state index contributed by atoms with van der Waals surface area (Å²) < 4.78 is 1.98. The Morgan fingerprint density at radius 1 is 1.17 bits per heavy atom. The topological polar surface area (TPSA) is 48.0 Å². The van der Waals surface area contributed by atoms with E-state index >= 15 is 0 Å². The minimum absolute atomic E-state index is 0.0149. The Hall–Kier alpha value is -1.09. The first-order valence-electron chi connectivity index (χ1n) is 6.68. The fourth-order valence-corrected chi connectivity index (χ4v) is 2.35. The molecule has 0 spiro atoms. The van der Waals surface area contributed by atoms with Gasteiger partial charge in [-0.1, -0.05) is 20.8 Å². The van der Waals surface area contributed by atoms with Crippen molar-refractivity contribution in [3.63, 3.8) is 0 Å². The molecule has 1 aliphatic carbocycles. The number of pyridine rings is 1. The highest BCUT2D eigenvalue weighted by Crippen LogP contribution is 2.37. The van der Waals surface area contributed by atoms with Crippen LogP contribution >= 0.6 is 0 Å². The van der Waals surface area contributed by atoms with Crippen molar-refractivity contribution in [2.24, 2.45) is 5.73 Å². The lowest BCUT2D eigenvalue weighted by Gasteiger charge is -2.27. The van der Waals surface area contributed by atoms with Gasteiger partial charge in [-0.15, -0.1) is 0 Å². The van der Waals surface area contributed by atoms with Crippen LogP contribution in [0, 0.1) is 0 Å². The van der Waals surface area contributed by atoms with Crippen molar-refractivity contribution in [2.75, 3.05) is 0 Å². The van der Waals surface area contributed by atoms with Gasteiger partial charge in [0.1, 0.15) is 0 Å². The Bertz CT molecular complexity index is 511. The number of nitrogens with zero attached hydrogens (tertiary/aromatic N) is 1. The highest BCUT2D eigenvalue weighted by molar-refractivity contribution is 5.27. The Morgan fingerprint density at radius 3 is 2.11 bits per heavy atom. The first-order valence-corrected chi connectivity index (χ1v) is 6.68. The van der Waals surface area contributed by atoms with Crippen molar-refractivity contribution in [3.8, 4) is 0 Å². The lowest BCUT2D eigenvalue weighted by atomic mass is 9.89. The molecule has 1 aromatic rings. The highest BCUT2D eigenvalue weighted by atomic mass is 16.1. The van der Waals surface area contributed by atoms with Crippen molar-refractivity contribution in [1.82, 2.24) is 4.57 Å². The van der Waals surface area contributed by atoms with E-state index in [9.17, 15) is 4.79 Å². The molecule has 1 saturated carbocycles. The minimum Gasteiger partial charge on any atom is -0.322 e. The van der Waals surface area contributed by atoms with Gasteiger partial charge in [0.2, 0.25) is 0 Å². The summed E-state index contributed by atoms with van der Waals surface area (Å²) in [5.74, 6) is 0. The molecule has 1 aliphatic rings. The van der Waals surface area contributed by atoms with Gasteiger partial charge in [0.15, 0.2) is 0 Å². The summed E-state index contributed by atoms with van der Waals surface area (Å²) >= 11 is 0. The van der Waals surface area contributed by atoms with Gasteiger partial charge in [-0.3, -0.25) is 4.79 Å². The summed E-state index contributed by atoms with van der Waals surface area (Å²) in [6.45, 7) is 10.2. The monoisotopic (exact) mass is 248 g/mol. The van der Waals surface area contributed by atoms with Crippen molar-refractivity contribution in [3.05, 3.63) is 33.7 Å². The van der Waals surface area contributed by atoms with Gasteiger partial charge in [-0.05, 0) is 38.8 Å². The molecule has 1 aromatic heterocycles. The summed E-state index contributed by atoms with van der Waals surface area (Å²) in [4.78, 5) is 12.6. The molecular weight excluding hydrogens is 224 g/mol. The summed E-state index contributed by atoms with van der Waals surface area (Å²) in [5.41, 5.74) is 7.42. The largest absolute Gasteiger partial charge is 0.322 e. The van der Waals surface area contributed by atoms with Crippen LogP contribution in [-0.2, 0) is 11.0 Å². The van der Waals surface area contributed by atoms with Gasteiger partial charge in [-0.2, -0.15) is 0 Å². The minimum atomic E-state index is -0.579. The zero-order chi connectivity index (χ0) is 13.7. The molecule has 0 aromatic carbocycles. The standard InChI is InChI=1S/C15H24N2O/c1-14(2,3)12-9-8-11(15(4,5)16)13(18)17(12)10-6-7-10/h8-10H,6-7,16H2,1-5H3. The predicted octanol–water partition coefficient (Wildman–Crippen LogP) is 2.67. The number of hydrogen-bond donors (Lipinski definition) is 1. The SMILES string of the molecule is CC(C)(C)c1ccc(C(C)(C)N)c(=O)n1C1CC1. The van der Waals surface area contributed by atoms with E-state index in [1.54, 1.807) is 0 Å². The Balaban J connectivity index is 2.67. The Kier molecular flexibility index (Phi) is 2.93. The molecule has 0 amide bonds. The molecule has 1 heterocycles. The van der Waals surface area contributed by atoms with Crippen LogP contribution in [0.25, 0.3) is 0 Å². The van der Waals surface area contributed by atoms with Crippen molar-refractivity contribution in [2.45, 2.75) is 64.5 Å². The third kappa shape index (κ3) is 2.37. The molecule has 0 saturated heterocycles. The third-order valence-electron chi connectivity index (χ3n) is 3.49. The number of aromatic nitrogens is 1. The van der Waals surface area contributed by atoms with Crippen molar-refractivity contribution in [1.29, 1.82) is 0 Å². The second-order valence-corrected chi connectivity index (χ2v) is 7.01. The second-order valence-electron chi connectivity index (χ2n) is 7.01. The molecule has 0 aliphatic heterocycles. The van der Waals surface area contributed by atoms with Crippen LogP contribution in [0.5, 0.6) is 0 Å². The highest BCUT2D eigenvalue weighted by Gasteiger charge is 2.32. The predicted molar refractivity (Wildman–Crippen MR) is 74.9 cm³/mol. The van der Waals surface area contributed by atoms with E-state index < -0.39 is 5.54 Å². The molecule has 1 fully saturated rings. The van der Waals surface area contributed by atoms with Gasteiger partial charge < -0.3 is 10.3 Å². The van der Waals surface area contributed by atoms with Crippen LogP contribution in [0.2, 0.25) is 0 Å². The molecular formula is C15H24N2O. The Morgan fingerprint density at radius 2 is 1.72 bits per heavy atom. The molecule has 3 nitrogen and oxygen atoms in total. The smallest absolute Gasteiger partial charge is 0.256 e. The molecule has 100 valence electrons. The number of hydrogen-bond acceptors (Lipinski definition) is 2. The van der Waals surface area contributed by atoms with E-state index in [0.29, 0.717) is 11.6 Å². The molecule has 0 bridgehead atoms. The third-order valence-corrected chi connectivity index (χ3v) is 3.49. The average Bonchev–Trinajstić information content (AvgIpc) is 2.96. The molecule has 2 N–H and O–H groups in total. The molecule has 3 heteroatoms. The summed E-state index contributed by atoms with van der Waals surface area (Å²) in [6, 6.07) is 4.36. The lowest BCUT2D eigenvalue weighted by Crippen LogP contribution is -2.40. The summed E-state index contributed by atoms with van der Waals surface area (Å²) in [7, 11) is 0. The molecule has 0 atom stereocenters. The van der Waals surface area contributed by atoms with Crippen LogP contribution in [0.3, 0.4) is 0 Å². The van der Waals surface area contributed by atoms with Crippen molar-refractivity contribution >= 4 is 0 Å². The van der Waals surface area contributed by atoms with Crippen LogP contribution in [0.15, 0.2) is 16.9 Å². The van der Waals surface area contributed by atoms with E-state index in [4.69, 9.17) is 5.73 Å². The normalized spacial score (nSPS) is 17.0. The van der Waals surface area contributed by atoms with E-state index in [-0.39, 0.29) is 11.0 Å². The van der Waals surface area contributed by atoms with E-state index in [1.165, 1.54) is 0 Å². The summed E-state index contributed by atoms with van der Waals surface area (Å²) in [5, 5.41) is 0. The fourth-order valence-electron chi connectivity index (χ4n) is 2.35. The fraction of sp³-hybridized carbons (Fsp3) is 0.667. The molecule has 18 heavy (non-hydrogen) atoms. The number of rotatable bonds is 2. The van der Waals surface area contributed by atoms with Crippen LogP contribution in [0.4, 0.5) is 0 Å². The quantitative estimate of drug-likeness (QED) is 0.874. The lowest BCUT2D eigenvalue weighted by molar-refractivity contribution is 0.484.